The number of ether oxygens (including phenoxy) is 1. The number of pyridine rings is 1. The highest BCUT2D eigenvalue weighted by molar-refractivity contribution is 6.03. The van der Waals surface area contributed by atoms with Crippen LogP contribution in [0.2, 0.25) is 0 Å². The zero-order valence-electron chi connectivity index (χ0n) is 19.7. The van der Waals surface area contributed by atoms with E-state index in [4.69, 9.17) is 9.84 Å². The number of carbonyl (C=O) groups excluding carboxylic acids is 2. The summed E-state index contributed by atoms with van der Waals surface area (Å²) in [5, 5.41) is 10.4. The minimum absolute atomic E-state index is 0.116. The van der Waals surface area contributed by atoms with Gasteiger partial charge in [-0.3, -0.25) is 9.59 Å². The lowest BCUT2D eigenvalue weighted by molar-refractivity contribution is -0.115. The number of hydrogen-bond donors (Lipinski definition) is 2. The molecule has 0 atom stereocenters. The molecule has 2 aromatic heterocycles. The van der Waals surface area contributed by atoms with E-state index < -0.39 is 0 Å². The molecule has 0 bridgehead atoms. The van der Waals surface area contributed by atoms with Crippen molar-refractivity contribution in [1.29, 1.82) is 0 Å². The maximum absolute atomic E-state index is 13.3. The van der Waals surface area contributed by atoms with Crippen molar-refractivity contribution in [2.24, 2.45) is 0 Å². The fraction of sp³-hybridized carbons (Fsp3) is 0.185. The van der Waals surface area contributed by atoms with Gasteiger partial charge in [0, 0.05) is 28.9 Å². The van der Waals surface area contributed by atoms with Crippen LogP contribution in [0.15, 0.2) is 72.9 Å². The van der Waals surface area contributed by atoms with Gasteiger partial charge in [-0.1, -0.05) is 45.0 Å². The van der Waals surface area contributed by atoms with Crippen LogP contribution < -0.4 is 15.4 Å². The zero-order valence-corrected chi connectivity index (χ0v) is 19.7. The molecule has 0 saturated heterocycles. The highest BCUT2D eigenvalue weighted by atomic mass is 16.5. The van der Waals surface area contributed by atoms with Gasteiger partial charge < -0.3 is 15.4 Å². The van der Waals surface area contributed by atoms with Crippen molar-refractivity contribution in [2.45, 2.75) is 32.6 Å². The van der Waals surface area contributed by atoms with Crippen LogP contribution in [-0.2, 0) is 16.6 Å². The van der Waals surface area contributed by atoms with Crippen LogP contribution in [0.5, 0.6) is 11.5 Å². The molecule has 8 heteroatoms. The average Bonchev–Trinajstić information content (AvgIpc) is 3.44. The highest BCUT2D eigenvalue weighted by Crippen LogP contribution is 2.33. The molecule has 35 heavy (non-hydrogen) atoms. The summed E-state index contributed by atoms with van der Waals surface area (Å²) in [6, 6.07) is 20.2. The number of amides is 2. The van der Waals surface area contributed by atoms with Crippen molar-refractivity contribution in [3.8, 4) is 17.2 Å². The SMILES string of the molecule is CC(C)(C)c1cc(C(=O)Nc2cccc(Oc3ccnc4c3CC(=O)N4)c2)n(-c2ccccc2)n1. The van der Waals surface area contributed by atoms with E-state index >= 15 is 0 Å². The smallest absolute Gasteiger partial charge is 0.274 e. The molecule has 4 aromatic rings. The summed E-state index contributed by atoms with van der Waals surface area (Å²) in [6.45, 7) is 6.18. The number of rotatable bonds is 5. The van der Waals surface area contributed by atoms with E-state index in [0.717, 1.165) is 11.4 Å². The van der Waals surface area contributed by atoms with Gasteiger partial charge in [0.25, 0.3) is 5.91 Å². The third kappa shape index (κ3) is 4.63. The van der Waals surface area contributed by atoms with Gasteiger partial charge in [-0.25, -0.2) is 9.67 Å². The molecule has 1 aliphatic heterocycles. The largest absolute Gasteiger partial charge is 0.457 e. The lowest BCUT2D eigenvalue weighted by Gasteiger charge is -2.14. The molecular formula is C27H25N5O3. The fourth-order valence-corrected chi connectivity index (χ4v) is 3.82. The van der Waals surface area contributed by atoms with E-state index in [-0.39, 0.29) is 23.7 Å². The molecule has 1 aliphatic rings. The molecule has 0 spiro atoms. The Morgan fingerprint density at radius 3 is 2.63 bits per heavy atom. The van der Waals surface area contributed by atoms with Crippen LogP contribution in [-0.4, -0.2) is 26.6 Å². The topological polar surface area (TPSA) is 98.1 Å². The number of anilines is 2. The molecule has 176 valence electrons. The predicted molar refractivity (Wildman–Crippen MR) is 133 cm³/mol. The summed E-state index contributed by atoms with van der Waals surface area (Å²) >= 11 is 0. The molecule has 0 unspecified atom stereocenters. The normalized spacial score (nSPS) is 12.7. The number of nitrogens with zero attached hydrogens (tertiary/aromatic N) is 3. The van der Waals surface area contributed by atoms with Crippen LogP contribution in [0, 0.1) is 0 Å². The van der Waals surface area contributed by atoms with Crippen LogP contribution in [0.4, 0.5) is 11.5 Å². The van der Waals surface area contributed by atoms with E-state index in [2.05, 4.69) is 36.4 Å². The zero-order chi connectivity index (χ0) is 24.6. The van der Waals surface area contributed by atoms with Gasteiger partial charge >= 0.3 is 0 Å². The minimum atomic E-state index is -0.284. The number of hydrogen-bond acceptors (Lipinski definition) is 5. The second-order valence-electron chi connectivity index (χ2n) is 9.36. The number of benzene rings is 2. The Hall–Kier alpha value is -4.46. The van der Waals surface area contributed by atoms with Gasteiger partial charge in [-0.15, -0.1) is 0 Å². The maximum atomic E-state index is 13.3. The standard InChI is InChI=1S/C27H25N5O3/c1-27(2,3)23-16-21(32(31-23)18-9-5-4-6-10-18)26(34)29-17-8-7-11-19(14-17)35-22-12-13-28-25-20(22)15-24(33)30-25/h4-14,16H,15H2,1-3H3,(H,29,34)(H,28,30,33). The second kappa shape index (κ2) is 8.72. The molecule has 5 rings (SSSR count). The molecule has 2 N–H and O–H groups in total. The van der Waals surface area contributed by atoms with Gasteiger partial charge in [0.2, 0.25) is 5.91 Å². The van der Waals surface area contributed by atoms with Gasteiger partial charge in [-0.2, -0.15) is 5.10 Å². The van der Waals surface area contributed by atoms with Gasteiger partial charge in [0.15, 0.2) is 0 Å². The number of fused-ring (bicyclic) bond motifs is 1. The van der Waals surface area contributed by atoms with E-state index in [9.17, 15) is 9.59 Å². The van der Waals surface area contributed by atoms with Crippen molar-refractivity contribution < 1.29 is 14.3 Å². The molecule has 0 fully saturated rings. The Labute approximate surface area is 203 Å². The van der Waals surface area contributed by atoms with Crippen LogP contribution in [0.3, 0.4) is 0 Å². The first kappa shape index (κ1) is 22.3. The van der Waals surface area contributed by atoms with Crippen molar-refractivity contribution in [1.82, 2.24) is 14.8 Å². The first-order valence-corrected chi connectivity index (χ1v) is 11.3. The monoisotopic (exact) mass is 467 g/mol. The first-order valence-electron chi connectivity index (χ1n) is 11.3. The van der Waals surface area contributed by atoms with Crippen molar-refractivity contribution in [3.63, 3.8) is 0 Å². The molecule has 0 aliphatic carbocycles. The number of para-hydroxylation sites is 1. The van der Waals surface area contributed by atoms with Crippen molar-refractivity contribution in [2.75, 3.05) is 10.6 Å². The Balaban J connectivity index is 1.41. The maximum Gasteiger partial charge on any atom is 0.274 e. The molecule has 2 aromatic carbocycles. The quantitative estimate of drug-likeness (QED) is 0.425. The van der Waals surface area contributed by atoms with Gasteiger partial charge in [-0.05, 0) is 36.4 Å². The number of aromatic nitrogens is 3. The van der Waals surface area contributed by atoms with Crippen molar-refractivity contribution in [3.05, 3.63) is 89.9 Å². The Morgan fingerprint density at radius 1 is 1.06 bits per heavy atom. The molecule has 2 amide bonds. The lowest BCUT2D eigenvalue weighted by Crippen LogP contribution is -2.17. The summed E-state index contributed by atoms with van der Waals surface area (Å²) in [6.07, 6.45) is 1.80. The van der Waals surface area contributed by atoms with Crippen molar-refractivity contribution >= 4 is 23.3 Å². The third-order valence-electron chi connectivity index (χ3n) is 5.64. The van der Waals surface area contributed by atoms with E-state index in [1.165, 1.54) is 0 Å². The number of carbonyl (C=O) groups is 2. The summed E-state index contributed by atoms with van der Waals surface area (Å²) < 4.78 is 7.71. The molecular weight excluding hydrogens is 442 g/mol. The molecule has 3 heterocycles. The van der Waals surface area contributed by atoms with E-state index in [1.54, 1.807) is 41.2 Å². The Morgan fingerprint density at radius 2 is 1.86 bits per heavy atom. The van der Waals surface area contributed by atoms with E-state index in [0.29, 0.717) is 34.3 Å². The Bertz CT molecular complexity index is 1420. The van der Waals surface area contributed by atoms with Crippen LogP contribution in [0.1, 0.15) is 42.5 Å². The van der Waals surface area contributed by atoms with E-state index in [1.807, 2.05) is 36.4 Å². The summed E-state index contributed by atoms with van der Waals surface area (Å²) in [5.74, 6) is 1.19. The summed E-state index contributed by atoms with van der Waals surface area (Å²) in [7, 11) is 0. The van der Waals surface area contributed by atoms with Crippen LogP contribution in [0.25, 0.3) is 5.69 Å². The summed E-state index contributed by atoms with van der Waals surface area (Å²) in [4.78, 5) is 29.3. The van der Waals surface area contributed by atoms with Gasteiger partial charge in [0.1, 0.15) is 23.0 Å². The summed E-state index contributed by atoms with van der Waals surface area (Å²) in [5.41, 5.74) is 3.13. The van der Waals surface area contributed by atoms with Crippen LogP contribution >= 0.6 is 0 Å². The molecule has 0 saturated carbocycles. The first-order chi connectivity index (χ1) is 16.8. The number of nitrogens with one attached hydrogen (secondary N) is 2. The fourth-order valence-electron chi connectivity index (χ4n) is 3.82. The predicted octanol–water partition coefficient (Wildman–Crippen LogP) is 5.10. The Kier molecular flexibility index (Phi) is 5.56. The lowest BCUT2D eigenvalue weighted by atomic mass is 9.92. The van der Waals surface area contributed by atoms with Gasteiger partial charge in [0.05, 0.1) is 17.8 Å². The average molecular weight is 468 g/mol. The second-order valence-corrected chi connectivity index (χ2v) is 9.36. The third-order valence-corrected chi connectivity index (χ3v) is 5.64. The highest BCUT2D eigenvalue weighted by Gasteiger charge is 2.25. The minimum Gasteiger partial charge on any atom is -0.457 e. The molecule has 0 radical (unpaired) electrons. The molecule has 8 nitrogen and oxygen atoms in total.